The van der Waals surface area contributed by atoms with Crippen LogP contribution in [0.5, 0.6) is 0 Å². The molecule has 2 heterocycles. The zero-order valence-corrected chi connectivity index (χ0v) is 27.7. The minimum Gasteiger partial charge on any atom is -0.481 e. The Balaban J connectivity index is 2.10. The summed E-state index contributed by atoms with van der Waals surface area (Å²) in [7, 11) is 0. The molecule has 0 saturated carbocycles. The number of hydrogen-bond donors (Lipinski definition) is 8. The summed E-state index contributed by atoms with van der Waals surface area (Å²) in [6.07, 6.45) is -8.12. The van der Waals surface area contributed by atoms with Crippen molar-refractivity contribution >= 4 is 11.9 Å². The fraction of sp³-hybridized carbons (Fsp3) is 0.938. The molecule has 47 heavy (non-hydrogen) atoms. The molecule has 12 atom stereocenters. The Bertz CT molecular complexity index is 873. The van der Waals surface area contributed by atoms with E-state index >= 15 is 0 Å². The first kappa shape index (κ1) is 41.7. The normalized spacial score (nSPS) is 32.5. The van der Waals surface area contributed by atoms with Gasteiger partial charge in [0.05, 0.1) is 32.2 Å². The summed E-state index contributed by atoms with van der Waals surface area (Å²) in [6, 6.07) is 0. The summed E-state index contributed by atoms with van der Waals surface area (Å²) >= 11 is 0. The molecule has 276 valence electrons. The fourth-order valence-electron chi connectivity index (χ4n) is 5.84. The number of esters is 1. The first-order valence-electron chi connectivity index (χ1n) is 17.1. The van der Waals surface area contributed by atoms with Crippen LogP contribution in [-0.4, -0.2) is 140 Å². The zero-order valence-electron chi connectivity index (χ0n) is 27.7. The molecule has 0 aromatic heterocycles. The summed E-state index contributed by atoms with van der Waals surface area (Å²) in [4.78, 5) is 24.5. The number of aliphatic hydroxyl groups is 7. The van der Waals surface area contributed by atoms with Crippen LogP contribution in [0.4, 0.5) is 0 Å². The molecule has 0 spiro atoms. The van der Waals surface area contributed by atoms with E-state index in [-0.39, 0.29) is 12.8 Å². The minimum absolute atomic E-state index is 0.267. The van der Waals surface area contributed by atoms with Crippen molar-refractivity contribution in [2.24, 2.45) is 0 Å². The van der Waals surface area contributed by atoms with Crippen molar-refractivity contribution in [1.82, 2.24) is 0 Å². The Kier molecular flexibility index (Phi) is 19.7. The van der Waals surface area contributed by atoms with Gasteiger partial charge in [-0.2, -0.15) is 0 Å². The number of unbranched alkanes of at least 4 members (excludes halogenated alkanes) is 8. The van der Waals surface area contributed by atoms with Crippen molar-refractivity contribution in [2.45, 2.75) is 177 Å². The molecule has 12 unspecified atom stereocenters. The van der Waals surface area contributed by atoms with Gasteiger partial charge in [-0.1, -0.05) is 71.6 Å². The Morgan fingerprint density at radius 3 is 1.72 bits per heavy atom. The molecule has 2 aliphatic rings. The third-order valence-electron chi connectivity index (χ3n) is 8.64. The maximum absolute atomic E-state index is 13.0. The molecular formula is C32H58O15. The van der Waals surface area contributed by atoms with Crippen LogP contribution in [0.3, 0.4) is 0 Å². The van der Waals surface area contributed by atoms with E-state index in [4.69, 9.17) is 23.7 Å². The van der Waals surface area contributed by atoms with Crippen molar-refractivity contribution in [2.75, 3.05) is 13.2 Å². The Hall–Kier alpha value is -1.50. The van der Waals surface area contributed by atoms with Gasteiger partial charge in [-0.3, -0.25) is 9.59 Å². The summed E-state index contributed by atoms with van der Waals surface area (Å²) in [5.41, 5.74) is 0. The number of hydrogen-bond acceptors (Lipinski definition) is 14. The first-order chi connectivity index (χ1) is 22.5. The van der Waals surface area contributed by atoms with E-state index in [0.717, 1.165) is 57.8 Å². The fourth-order valence-corrected chi connectivity index (χ4v) is 5.84. The number of rotatable bonds is 23. The lowest BCUT2D eigenvalue weighted by molar-refractivity contribution is -0.362. The molecule has 2 fully saturated rings. The number of carbonyl (C=O) groups excluding carboxylic acids is 1. The van der Waals surface area contributed by atoms with E-state index in [9.17, 15) is 50.4 Å². The molecule has 0 radical (unpaired) electrons. The lowest BCUT2D eigenvalue weighted by atomic mass is 9.97. The Morgan fingerprint density at radius 2 is 1.17 bits per heavy atom. The van der Waals surface area contributed by atoms with Gasteiger partial charge in [-0.25, -0.2) is 0 Å². The maximum Gasteiger partial charge on any atom is 0.308 e. The SMILES string of the molecule is CCCCCCCC(CC(=O)O)OC(=O)CC(CCCCCCC)OC1OC(CO)C(OC2OC(CO)C(O)C(O)C2O)C(O)C1O. The molecule has 8 N–H and O–H groups in total. The number of carboxylic acids is 1. The monoisotopic (exact) mass is 682 g/mol. The van der Waals surface area contributed by atoms with Gasteiger partial charge >= 0.3 is 11.9 Å². The Morgan fingerprint density at radius 1 is 0.638 bits per heavy atom. The molecule has 0 aliphatic carbocycles. The number of ether oxygens (including phenoxy) is 5. The van der Waals surface area contributed by atoms with Gasteiger partial charge in [0.25, 0.3) is 0 Å². The maximum atomic E-state index is 13.0. The average molecular weight is 683 g/mol. The first-order valence-corrected chi connectivity index (χ1v) is 17.1. The van der Waals surface area contributed by atoms with Crippen molar-refractivity contribution < 1.29 is 74.1 Å². The highest BCUT2D eigenvalue weighted by Crippen LogP contribution is 2.31. The van der Waals surface area contributed by atoms with Crippen molar-refractivity contribution in [3.8, 4) is 0 Å². The average Bonchev–Trinajstić information content (AvgIpc) is 3.03. The highest BCUT2D eigenvalue weighted by molar-refractivity contribution is 5.72. The summed E-state index contributed by atoms with van der Waals surface area (Å²) in [5, 5.41) is 81.3. The van der Waals surface area contributed by atoms with Crippen molar-refractivity contribution in [3.05, 3.63) is 0 Å². The van der Waals surface area contributed by atoms with E-state index in [2.05, 4.69) is 13.8 Å². The van der Waals surface area contributed by atoms with Crippen LogP contribution in [0.15, 0.2) is 0 Å². The second-order valence-electron chi connectivity index (χ2n) is 12.6. The molecule has 15 nitrogen and oxygen atoms in total. The largest absolute Gasteiger partial charge is 0.481 e. The van der Waals surface area contributed by atoms with Gasteiger partial charge in [0.2, 0.25) is 0 Å². The predicted octanol–water partition coefficient (Wildman–Crippen LogP) is 0.493. The van der Waals surface area contributed by atoms with Gasteiger partial charge in [0.1, 0.15) is 54.9 Å². The van der Waals surface area contributed by atoms with Crippen LogP contribution in [-0.2, 0) is 33.3 Å². The quantitative estimate of drug-likeness (QED) is 0.0540. The summed E-state index contributed by atoms with van der Waals surface area (Å²) in [5.74, 6) is -1.75. The van der Waals surface area contributed by atoms with Gasteiger partial charge in [-0.15, -0.1) is 0 Å². The molecule has 0 aromatic carbocycles. The Labute approximate surface area is 276 Å². The lowest BCUT2D eigenvalue weighted by Crippen LogP contribution is -2.65. The van der Waals surface area contributed by atoms with Crippen LogP contribution >= 0.6 is 0 Å². The van der Waals surface area contributed by atoms with Crippen LogP contribution in [0.25, 0.3) is 0 Å². The number of aliphatic hydroxyl groups excluding tert-OH is 7. The number of carbonyl (C=O) groups is 2. The van der Waals surface area contributed by atoms with Gasteiger partial charge in [0.15, 0.2) is 12.6 Å². The number of aliphatic carboxylic acids is 1. The third kappa shape index (κ3) is 13.7. The highest BCUT2D eigenvalue weighted by atomic mass is 16.7. The molecular weight excluding hydrogens is 624 g/mol. The van der Waals surface area contributed by atoms with E-state index < -0.39 is 98.8 Å². The second-order valence-corrected chi connectivity index (χ2v) is 12.6. The predicted molar refractivity (Wildman–Crippen MR) is 165 cm³/mol. The van der Waals surface area contributed by atoms with E-state index in [0.29, 0.717) is 19.3 Å². The topological polar surface area (TPSA) is 242 Å². The van der Waals surface area contributed by atoms with E-state index in [1.165, 1.54) is 0 Å². The zero-order chi connectivity index (χ0) is 34.9. The molecule has 15 heteroatoms. The highest BCUT2D eigenvalue weighted by Gasteiger charge is 2.51. The van der Waals surface area contributed by atoms with Crippen molar-refractivity contribution in [1.29, 1.82) is 0 Å². The van der Waals surface area contributed by atoms with Crippen molar-refractivity contribution in [3.63, 3.8) is 0 Å². The smallest absolute Gasteiger partial charge is 0.308 e. The molecule has 2 rings (SSSR count). The summed E-state index contributed by atoms with van der Waals surface area (Å²) in [6.45, 7) is 2.73. The van der Waals surface area contributed by atoms with Gasteiger partial charge < -0.3 is 64.5 Å². The molecule has 0 aromatic rings. The van der Waals surface area contributed by atoms with Crippen LogP contribution < -0.4 is 0 Å². The molecule has 2 aliphatic heterocycles. The standard InChI is InChI=1S/C32H58O15/c1-3-5-7-9-11-13-19(15-23(35)36)43-24(37)16-20(14-12-10-8-6-4-2)44-31-29(42)27(40)30(22(18-34)46-31)47-32-28(41)26(39)25(38)21(17-33)45-32/h19-22,25-34,38-42H,3-18H2,1-2H3,(H,35,36). The summed E-state index contributed by atoms with van der Waals surface area (Å²) < 4.78 is 28.2. The molecule has 0 amide bonds. The molecule has 2 saturated heterocycles. The van der Waals surface area contributed by atoms with E-state index in [1.54, 1.807) is 0 Å². The minimum atomic E-state index is -1.80. The lowest BCUT2D eigenvalue weighted by Gasteiger charge is -2.46. The van der Waals surface area contributed by atoms with Gasteiger partial charge in [-0.05, 0) is 19.3 Å². The molecule has 0 bridgehead atoms. The van der Waals surface area contributed by atoms with E-state index in [1.807, 2.05) is 0 Å². The van der Waals surface area contributed by atoms with Crippen LogP contribution in [0.1, 0.15) is 104 Å². The number of carboxylic acid groups (broad SMARTS) is 1. The second kappa shape index (κ2) is 22.3. The third-order valence-corrected chi connectivity index (χ3v) is 8.64. The van der Waals surface area contributed by atoms with Crippen LogP contribution in [0.2, 0.25) is 0 Å². The van der Waals surface area contributed by atoms with Gasteiger partial charge in [0, 0.05) is 0 Å². The van der Waals surface area contributed by atoms with Crippen LogP contribution in [0, 0.1) is 0 Å².